The average Bonchev–Trinajstić information content (AvgIpc) is 2.46. The van der Waals surface area contributed by atoms with Gasteiger partial charge in [0.05, 0.1) is 0 Å². The topological polar surface area (TPSA) is 12.0 Å². The molecule has 0 bridgehead atoms. The van der Waals surface area contributed by atoms with Gasteiger partial charge in [-0.15, -0.1) is 0 Å². The first-order valence-corrected chi connectivity index (χ1v) is 7.12. The first-order chi connectivity index (χ1) is 9.27. The minimum Gasteiger partial charge on any atom is -0.312 e. The average molecular weight is 274 g/mol. The number of hydrogen-bond acceptors (Lipinski definition) is 1. The Morgan fingerprint density at radius 2 is 1.63 bits per heavy atom. The molecule has 0 spiro atoms. The van der Waals surface area contributed by atoms with Crippen LogP contribution < -0.4 is 5.32 Å². The molecule has 1 nitrogen and oxygen atoms in total. The molecule has 0 aliphatic heterocycles. The van der Waals surface area contributed by atoms with Crippen LogP contribution in [0.1, 0.15) is 36.4 Å². The number of likely N-dealkylation sites (N-methyl/N-ethyl adjacent to an activating group) is 1. The van der Waals surface area contributed by atoms with Crippen molar-refractivity contribution >= 4 is 11.6 Å². The van der Waals surface area contributed by atoms with Gasteiger partial charge in [0.2, 0.25) is 0 Å². The first-order valence-electron chi connectivity index (χ1n) is 6.74. The van der Waals surface area contributed by atoms with Crippen LogP contribution in [0.4, 0.5) is 0 Å². The zero-order valence-electron chi connectivity index (χ0n) is 11.4. The molecule has 2 aromatic rings. The van der Waals surface area contributed by atoms with Crippen LogP contribution in [0.2, 0.25) is 5.02 Å². The molecule has 0 aliphatic rings. The number of hydrogen-bond donors (Lipinski definition) is 1. The summed E-state index contributed by atoms with van der Waals surface area (Å²) in [6.07, 6.45) is 1.07. The number of rotatable bonds is 5. The zero-order valence-corrected chi connectivity index (χ0v) is 12.2. The van der Waals surface area contributed by atoms with Crippen molar-refractivity contribution in [3.05, 3.63) is 70.7 Å². The van der Waals surface area contributed by atoms with Crippen LogP contribution in [0.5, 0.6) is 0 Å². The molecule has 1 N–H and O–H groups in total. The first kappa shape index (κ1) is 14.1. The third-order valence-electron chi connectivity index (χ3n) is 3.62. The Kier molecular flexibility index (Phi) is 5.00. The Bertz CT molecular complexity index is 510. The van der Waals surface area contributed by atoms with Crippen LogP contribution in [0.15, 0.2) is 54.6 Å². The van der Waals surface area contributed by atoms with Gasteiger partial charge in [-0.1, -0.05) is 67.1 Å². The SMILES string of the molecule is CCC(c1ccccc1)C(NC)c1ccccc1Cl. The van der Waals surface area contributed by atoms with E-state index in [1.807, 2.05) is 25.2 Å². The van der Waals surface area contributed by atoms with E-state index in [2.05, 4.69) is 48.6 Å². The standard InChI is InChI=1S/C17H20ClN/c1-3-14(13-9-5-4-6-10-13)17(19-2)15-11-7-8-12-16(15)18/h4-12,14,17,19H,3H2,1-2H3. The summed E-state index contributed by atoms with van der Waals surface area (Å²) in [5, 5.41) is 4.25. The fourth-order valence-corrected chi connectivity index (χ4v) is 2.92. The molecule has 0 aromatic heterocycles. The summed E-state index contributed by atoms with van der Waals surface area (Å²) in [5.74, 6) is 0.422. The molecule has 0 saturated heterocycles. The Labute approximate surface area is 120 Å². The van der Waals surface area contributed by atoms with E-state index < -0.39 is 0 Å². The molecule has 19 heavy (non-hydrogen) atoms. The van der Waals surface area contributed by atoms with Gasteiger partial charge in [-0.2, -0.15) is 0 Å². The van der Waals surface area contributed by atoms with E-state index in [4.69, 9.17) is 11.6 Å². The minimum atomic E-state index is 0.237. The monoisotopic (exact) mass is 273 g/mol. The lowest BCUT2D eigenvalue weighted by Gasteiger charge is -2.27. The predicted molar refractivity (Wildman–Crippen MR) is 82.7 cm³/mol. The van der Waals surface area contributed by atoms with Crippen molar-refractivity contribution in [3.8, 4) is 0 Å². The van der Waals surface area contributed by atoms with E-state index in [9.17, 15) is 0 Å². The Morgan fingerprint density at radius 3 is 2.21 bits per heavy atom. The Hall–Kier alpha value is -1.31. The summed E-state index contributed by atoms with van der Waals surface area (Å²) in [4.78, 5) is 0. The van der Waals surface area contributed by atoms with E-state index in [0.717, 1.165) is 11.4 Å². The molecule has 0 aliphatic carbocycles. The molecule has 0 saturated carbocycles. The van der Waals surface area contributed by atoms with Crippen molar-refractivity contribution in [2.45, 2.75) is 25.3 Å². The highest BCUT2D eigenvalue weighted by Crippen LogP contribution is 2.36. The second-order valence-electron chi connectivity index (χ2n) is 4.71. The molecule has 2 rings (SSSR count). The molecule has 2 unspecified atom stereocenters. The maximum Gasteiger partial charge on any atom is 0.0454 e. The highest BCUT2D eigenvalue weighted by atomic mass is 35.5. The van der Waals surface area contributed by atoms with Crippen LogP contribution in [-0.2, 0) is 0 Å². The summed E-state index contributed by atoms with van der Waals surface area (Å²) in [5.41, 5.74) is 2.52. The van der Waals surface area contributed by atoms with Crippen molar-refractivity contribution in [2.24, 2.45) is 0 Å². The van der Waals surface area contributed by atoms with Crippen molar-refractivity contribution < 1.29 is 0 Å². The molecule has 2 heteroatoms. The predicted octanol–water partition coefficient (Wildman–Crippen LogP) is 4.79. The Morgan fingerprint density at radius 1 is 1.00 bits per heavy atom. The fourth-order valence-electron chi connectivity index (χ4n) is 2.66. The minimum absolute atomic E-state index is 0.237. The molecule has 0 fully saturated rings. The third kappa shape index (κ3) is 3.17. The van der Waals surface area contributed by atoms with Gasteiger partial charge < -0.3 is 5.32 Å². The van der Waals surface area contributed by atoms with Gasteiger partial charge in [0, 0.05) is 17.0 Å². The normalized spacial score (nSPS) is 14.1. The summed E-state index contributed by atoms with van der Waals surface area (Å²) >= 11 is 6.35. The van der Waals surface area contributed by atoms with Gasteiger partial charge >= 0.3 is 0 Å². The summed E-state index contributed by atoms with van der Waals surface area (Å²) in [7, 11) is 2.00. The summed E-state index contributed by atoms with van der Waals surface area (Å²) < 4.78 is 0. The molecule has 0 heterocycles. The number of halogens is 1. The molecule has 2 aromatic carbocycles. The quantitative estimate of drug-likeness (QED) is 0.826. The molecule has 0 radical (unpaired) electrons. The van der Waals surface area contributed by atoms with E-state index in [1.54, 1.807) is 0 Å². The lowest BCUT2D eigenvalue weighted by Crippen LogP contribution is -2.24. The highest BCUT2D eigenvalue weighted by molar-refractivity contribution is 6.31. The maximum absolute atomic E-state index is 6.35. The number of nitrogens with one attached hydrogen (secondary N) is 1. The molecule has 0 amide bonds. The number of benzene rings is 2. The van der Waals surface area contributed by atoms with E-state index in [-0.39, 0.29) is 6.04 Å². The second kappa shape index (κ2) is 6.74. The van der Waals surface area contributed by atoms with Gasteiger partial charge in [-0.25, -0.2) is 0 Å². The van der Waals surface area contributed by atoms with Gasteiger partial charge in [0.1, 0.15) is 0 Å². The van der Waals surface area contributed by atoms with E-state index in [0.29, 0.717) is 5.92 Å². The van der Waals surface area contributed by atoms with Crippen LogP contribution in [0, 0.1) is 0 Å². The Balaban J connectivity index is 2.38. The largest absolute Gasteiger partial charge is 0.312 e. The van der Waals surface area contributed by atoms with Gasteiger partial charge in [-0.3, -0.25) is 0 Å². The van der Waals surface area contributed by atoms with Crippen molar-refractivity contribution in [2.75, 3.05) is 7.05 Å². The third-order valence-corrected chi connectivity index (χ3v) is 3.97. The smallest absolute Gasteiger partial charge is 0.0454 e. The van der Waals surface area contributed by atoms with Crippen LogP contribution >= 0.6 is 11.6 Å². The second-order valence-corrected chi connectivity index (χ2v) is 5.12. The van der Waals surface area contributed by atoms with Crippen molar-refractivity contribution in [3.63, 3.8) is 0 Å². The molecular formula is C17H20ClN. The van der Waals surface area contributed by atoms with Crippen molar-refractivity contribution in [1.82, 2.24) is 5.32 Å². The molecule has 2 atom stereocenters. The maximum atomic E-state index is 6.35. The molecule has 100 valence electrons. The van der Waals surface area contributed by atoms with Gasteiger partial charge in [0.15, 0.2) is 0 Å². The van der Waals surface area contributed by atoms with Crippen LogP contribution in [-0.4, -0.2) is 7.05 Å². The van der Waals surface area contributed by atoms with Crippen LogP contribution in [0.3, 0.4) is 0 Å². The fraction of sp³-hybridized carbons (Fsp3) is 0.294. The summed E-state index contributed by atoms with van der Waals surface area (Å²) in [6, 6.07) is 18.9. The van der Waals surface area contributed by atoms with Crippen molar-refractivity contribution in [1.29, 1.82) is 0 Å². The van der Waals surface area contributed by atoms with Crippen LogP contribution in [0.25, 0.3) is 0 Å². The van der Waals surface area contributed by atoms with E-state index >= 15 is 0 Å². The van der Waals surface area contributed by atoms with Gasteiger partial charge in [0.25, 0.3) is 0 Å². The van der Waals surface area contributed by atoms with Gasteiger partial charge in [-0.05, 0) is 30.7 Å². The van der Waals surface area contributed by atoms with E-state index in [1.165, 1.54) is 11.1 Å². The highest BCUT2D eigenvalue weighted by Gasteiger charge is 2.23. The lowest BCUT2D eigenvalue weighted by atomic mass is 9.85. The zero-order chi connectivity index (χ0) is 13.7. The summed E-state index contributed by atoms with van der Waals surface area (Å²) in [6.45, 7) is 2.22. The molecular weight excluding hydrogens is 254 g/mol. The lowest BCUT2D eigenvalue weighted by molar-refractivity contribution is 0.468.